The Kier molecular flexibility index (Phi) is 3.84. The van der Waals surface area contributed by atoms with Crippen LogP contribution in [0.5, 0.6) is 0 Å². The molecular formula is C11H8Cl2N2O3. The monoisotopic (exact) mass is 286 g/mol. The SMILES string of the molecule is COC(=O)c1nc(Cc2cc(Cl)ccc2Cl)no1. The molecule has 18 heavy (non-hydrogen) atoms. The minimum absolute atomic E-state index is 0.189. The van der Waals surface area contributed by atoms with Gasteiger partial charge in [-0.15, -0.1) is 0 Å². The second kappa shape index (κ2) is 5.37. The van der Waals surface area contributed by atoms with Gasteiger partial charge in [-0.3, -0.25) is 0 Å². The van der Waals surface area contributed by atoms with E-state index in [0.717, 1.165) is 5.56 Å². The molecule has 0 amide bonds. The Morgan fingerprint density at radius 3 is 2.94 bits per heavy atom. The predicted octanol–water partition coefficient (Wildman–Crippen LogP) is 2.75. The zero-order valence-corrected chi connectivity index (χ0v) is 10.8. The highest BCUT2D eigenvalue weighted by molar-refractivity contribution is 6.33. The quantitative estimate of drug-likeness (QED) is 0.812. The fourth-order valence-corrected chi connectivity index (χ4v) is 1.72. The fraction of sp³-hybridized carbons (Fsp3) is 0.182. The molecule has 0 N–H and O–H groups in total. The Balaban J connectivity index is 2.21. The van der Waals surface area contributed by atoms with Crippen molar-refractivity contribution in [3.8, 4) is 0 Å². The summed E-state index contributed by atoms with van der Waals surface area (Å²) in [5.41, 5.74) is 0.751. The van der Waals surface area contributed by atoms with Crippen LogP contribution in [0, 0.1) is 0 Å². The van der Waals surface area contributed by atoms with Gasteiger partial charge in [0.05, 0.1) is 7.11 Å². The molecule has 1 aromatic heterocycles. The Morgan fingerprint density at radius 2 is 2.22 bits per heavy atom. The maximum Gasteiger partial charge on any atom is 0.397 e. The van der Waals surface area contributed by atoms with Crippen LogP contribution in [0.3, 0.4) is 0 Å². The number of methoxy groups -OCH3 is 1. The molecule has 1 heterocycles. The van der Waals surface area contributed by atoms with Crippen molar-refractivity contribution in [2.24, 2.45) is 0 Å². The third-order valence-corrected chi connectivity index (χ3v) is 2.79. The van der Waals surface area contributed by atoms with E-state index >= 15 is 0 Å². The molecule has 5 nitrogen and oxygen atoms in total. The van der Waals surface area contributed by atoms with E-state index in [1.807, 2.05) is 0 Å². The van der Waals surface area contributed by atoms with Gasteiger partial charge in [0.2, 0.25) is 0 Å². The van der Waals surface area contributed by atoms with Crippen LogP contribution in [0.2, 0.25) is 10.0 Å². The number of carbonyl (C=O) groups is 1. The normalized spacial score (nSPS) is 10.4. The maximum absolute atomic E-state index is 11.1. The van der Waals surface area contributed by atoms with Crippen LogP contribution in [0.15, 0.2) is 22.7 Å². The van der Waals surface area contributed by atoms with Gasteiger partial charge in [0.15, 0.2) is 5.82 Å². The van der Waals surface area contributed by atoms with Crippen LogP contribution in [0.4, 0.5) is 0 Å². The van der Waals surface area contributed by atoms with E-state index < -0.39 is 5.97 Å². The number of hydrogen-bond acceptors (Lipinski definition) is 5. The first kappa shape index (κ1) is 12.9. The minimum Gasteiger partial charge on any atom is -0.462 e. The van der Waals surface area contributed by atoms with Gasteiger partial charge in [0, 0.05) is 16.5 Å². The first-order chi connectivity index (χ1) is 8.60. The molecule has 2 aromatic rings. The molecule has 0 aliphatic carbocycles. The first-order valence-electron chi connectivity index (χ1n) is 4.95. The summed E-state index contributed by atoms with van der Waals surface area (Å²) in [5, 5.41) is 4.77. The topological polar surface area (TPSA) is 65.2 Å². The zero-order valence-electron chi connectivity index (χ0n) is 9.31. The third kappa shape index (κ3) is 2.80. The van der Waals surface area contributed by atoms with Crippen molar-refractivity contribution in [3.63, 3.8) is 0 Å². The molecule has 0 unspecified atom stereocenters. The van der Waals surface area contributed by atoms with Gasteiger partial charge in [-0.25, -0.2) is 4.79 Å². The summed E-state index contributed by atoms with van der Waals surface area (Å²) in [7, 11) is 1.24. The third-order valence-electron chi connectivity index (χ3n) is 2.18. The Hall–Kier alpha value is -1.59. The van der Waals surface area contributed by atoms with Gasteiger partial charge < -0.3 is 9.26 Å². The Bertz CT molecular complexity index is 583. The number of rotatable bonds is 3. The van der Waals surface area contributed by atoms with E-state index in [0.29, 0.717) is 22.3 Å². The van der Waals surface area contributed by atoms with E-state index in [2.05, 4.69) is 14.9 Å². The summed E-state index contributed by atoms with van der Waals surface area (Å²) in [4.78, 5) is 15.0. The lowest BCUT2D eigenvalue weighted by atomic mass is 10.1. The van der Waals surface area contributed by atoms with Crippen molar-refractivity contribution in [2.45, 2.75) is 6.42 Å². The van der Waals surface area contributed by atoms with Gasteiger partial charge in [-0.2, -0.15) is 4.98 Å². The van der Waals surface area contributed by atoms with Crippen molar-refractivity contribution >= 4 is 29.2 Å². The molecule has 2 rings (SSSR count). The van der Waals surface area contributed by atoms with E-state index in [9.17, 15) is 4.79 Å². The van der Waals surface area contributed by atoms with Gasteiger partial charge in [-0.05, 0) is 23.8 Å². The summed E-state index contributed by atoms with van der Waals surface area (Å²) in [6.07, 6.45) is 0.319. The number of benzene rings is 1. The number of halogens is 2. The van der Waals surface area contributed by atoms with Crippen LogP contribution in [0.1, 0.15) is 22.1 Å². The van der Waals surface area contributed by atoms with Crippen LogP contribution in [-0.4, -0.2) is 23.2 Å². The molecule has 94 valence electrons. The lowest BCUT2D eigenvalue weighted by molar-refractivity contribution is 0.0545. The van der Waals surface area contributed by atoms with Gasteiger partial charge in [0.1, 0.15) is 0 Å². The molecule has 0 fully saturated rings. The van der Waals surface area contributed by atoms with E-state index in [4.69, 9.17) is 27.7 Å². The molecule has 1 aromatic carbocycles. The average molecular weight is 287 g/mol. The van der Waals surface area contributed by atoms with Crippen LogP contribution < -0.4 is 0 Å². The van der Waals surface area contributed by atoms with Crippen molar-refractivity contribution in [1.82, 2.24) is 10.1 Å². The van der Waals surface area contributed by atoms with Crippen molar-refractivity contribution in [3.05, 3.63) is 45.5 Å². The smallest absolute Gasteiger partial charge is 0.397 e. The second-order valence-corrected chi connectivity index (χ2v) is 4.26. The minimum atomic E-state index is -0.675. The molecule has 0 atom stereocenters. The number of nitrogens with zero attached hydrogens (tertiary/aromatic N) is 2. The molecule has 0 spiro atoms. The summed E-state index contributed by atoms with van der Waals surface area (Å²) < 4.78 is 9.21. The van der Waals surface area contributed by atoms with Crippen molar-refractivity contribution in [2.75, 3.05) is 7.11 Å². The highest BCUT2D eigenvalue weighted by Crippen LogP contribution is 2.22. The summed E-state index contributed by atoms with van der Waals surface area (Å²) in [6, 6.07) is 5.07. The molecular weight excluding hydrogens is 279 g/mol. The van der Waals surface area contributed by atoms with Gasteiger partial charge in [0.25, 0.3) is 0 Å². The van der Waals surface area contributed by atoms with Gasteiger partial charge >= 0.3 is 11.9 Å². The molecule has 0 bridgehead atoms. The van der Waals surface area contributed by atoms with Crippen LogP contribution in [-0.2, 0) is 11.2 Å². The average Bonchev–Trinajstić information content (AvgIpc) is 2.81. The molecule has 0 aliphatic rings. The number of hydrogen-bond donors (Lipinski definition) is 0. The van der Waals surface area contributed by atoms with Crippen LogP contribution in [0.25, 0.3) is 0 Å². The van der Waals surface area contributed by atoms with Crippen molar-refractivity contribution < 1.29 is 14.1 Å². The van der Waals surface area contributed by atoms with E-state index in [1.54, 1.807) is 18.2 Å². The molecule has 0 radical (unpaired) electrons. The van der Waals surface area contributed by atoms with Crippen LogP contribution >= 0.6 is 23.2 Å². The first-order valence-corrected chi connectivity index (χ1v) is 5.70. The Morgan fingerprint density at radius 1 is 1.44 bits per heavy atom. The fourth-order valence-electron chi connectivity index (χ4n) is 1.35. The standard InChI is InChI=1S/C11H8Cl2N2O3/c1-17-11(16)10-14-9(15-18-10)5-6-4-7(12)2-3-8(6)13/h2-4H,5H2,1H3. The van der Waals surface area contributed by atoms with E-state index in [1.165, 1.54) is 7.11 Å². The number of carbonyl (C=O) groups excluding carboxylic acids is 1. The molecule has 7 heteroatoms. The zero-order chi connectivity index (χ0) is 13.1. The number of esters is 1. The lowest BCUT2D eigenvalue weighted by Crippen LogP contribution is -2.01. The summed E-state index contributed by atoms with van der Waals surface area (Å²) in [5.74, 6) is -0.531. The summed E-state index contributed by atoms with van der Waals surface area (Å²) in [6.45, 7) is 0. The van der Waals surface area contributed by atoms with E-state index in [-0.39, 0.29) is 5.89 Å². The molecule has 0 aliphatic heterocycles. The number of ether oxygens (including phenoxy) is 1. The second-order valence-electron chi connectivity index (χ2n) is 3.42. The highest BCUT2D eigenvalue weighted by atomic mass is 35.5. The van der Waals surface area contributed by atoms with Gasteiger partial charge in [-0.1, -0.05) is 28.4 Å². The maximum atomic E-state index is 11.1. The number of aromatic nitrogens is 2. The largest absolute Gasteiger partial charge is 0.462 e. The molecule has 0 saturated heterocycles. The highest BCUT2D eigenvalue weighted by Gasteiger charge is 2.16. The predicted molar refractivity (Wildman–Crippen MR) is 64.9 cm³/mol. The van der Waals surface area contributed by atoms with Crippen molar-refractivity contribution in [1.29, 1.82) is 0 Å². The molecule has 0 saturated carbocycles. The Labute approximate surface area is 113 Å². The summed E-state index contributed by atoms with van der Waals surface area (Å²) >= 11 is 11.9. The lowest BCUT2D eigenvalue weighted by Gasteiger charge is -2.01.